The second-order valence-corrected chi connectivity index (χ2v) is 4.12. The average Bonchev–Trinajstić information content (AvgIpc) is 2.37. The Labute approximate surface area is 110 Å². The molecule has 0 heterocycles. The molecule has 0 saturated heterocycles. The molecule has 1 aromatic carbocycles. The van der Waals surface area contributed by atoms with Crippen LogP contribution in [0.25, 0.3) is 0 Å². The van der Waals surface area contributed by atoms with Gasteiger partial charge in [-0.1, -0.05) is 6.92 Å². The lowest BCUT2D eigenvalue weighted by molar-refractivity contribution is -0.120. The molecule has 0 aliphatic heterocycles. The molecular weight excluding hydrogens is 254 g/mol. The summed E-state index contributed by atoms with van der Waals surface area (Å²) in [4.78, 5) is 11.1. The smallest absolute Gasteiger partial charge is 0.234 e. The number of carbonyl (C=O) groups is 1. The summed E-state index contributed by atoms with van der Waals surface area (Å²) in [7, 11) is 0. The van der Waals surface area contributed by atoms with Crippen LogP contribution in [-0.4, -0.2) is 25.1 Å². The number of hydrogen-bond acceptors (Lipinski definition) is 3. The van der Waals surface area contributed by atoms with Crippen molar-refractivity contribution in [3.8, 4) is 5.75 Å². The molecule has 1 atom stereocenters. The molecule has 0 saturated carbocycles. The summed E-state index contributed by atoms with van der Waals surface area (Å²) in [6.45, 7) is 2.69. The molecule has 19 heavy (non-hydrogen) atoms. The van der Waals surface area contributed by atoms with Crippen molar-refractivity contribution in [2.75, 3.05) is 13.2 Å². The second kappa shape index (κ2) is 7.68. The van der Waals surface area contributed by atoms with Gasteiger partial charge in [0.1, 0.15) is 5.82 Å². The van der Waals surface area contributed by atoms with Gasteiger partial charge < -0.3 is 15.8 Å². The van der Waals surface area contributed by atoms with E-state index in [1.165, 1.54) is 0 Å². The van der Waals surface area contributed by atoms with E-state index < -0.39 is 23.6 Å². The third-order valence-electron chi connectivity index (χ3n) is 2.54. The van der Waals surface area contributed by atoms with Gasteiger partial charge in [-0.3, -0.25) is 4.79 Å². The predicted octanol–water partition coefficient (Wildman–Crippen LogP) is 1.59. The Balaban J connectivity index is 2.47. The van der Waals surface area contributed by atoms with E-state index in [-0.39, 0.29) is 12.4 Å². The lowest BCUT2D eigenvalue weighted by Crippen LogP contribution is -2.42. The van der Waals surface area contributed by atoms with E-state index in [1.807, 2.05) is 6.92 Å². The van der Waals surface area contributed by atoms with Gasteiger partial charge in [-0.05, 0) is 25.1 Å². The maximum absolute atomic E-state index is 13.3. The maximum Gasteiger partial charge on any atom is 0.234 e. The van der Waals surface area contributed by atoms with Gasteiger partial charge in [0, 0.05) is 12.5 Å². The zero-order chi connectivity index (χ0) is 14.3. The molecule has 0 aliphatic rings. The molecule has 1 unspecified atom stereocenters. The van der Waals surface area contributed by atoms with E-state index in [0.29, 0.717) is 13.0 Å². The summed E-state index contributed by atoms with van der Waals surface area (Å²) >= 11 is 0. The van der Waals surface area contributed by atoms with Gasteiger partial charge in [0.2, 0.25) is 5.91 Å². The molecule has 0 aromatic heterocycles. The quantitative estimate of drug-likeness (QED) is 0.755. The van der Waals surface area contributed by atoms with Gasteiger partial charge in [0.25, 0.3) is 0 Å². The summed E-state index contributed by atoms with van der Waals surface area (Å²) in [6.07, 6.45) is 1.16. The topological polar surface area (TPSA) is 64.3 Å². The van der Waals surface area contributed by atoms with Crippen LogP contribution in [0.1, 0.15) is 19.8 Å². The van der Waals surface area contributed by atoms with Crippen molar-refractivity contribution in [1.29, 1.82) is 0 Å². The van der Waals surface area contributed by atoms with Crippen LogP contribution in [0.15, 0.2) is 18.2 Å². The van der Waals surface area contributed by atoms with Crippen LogP contribution in [0.3, 0.4) is 0 Å². The number of benzene rings is 1. The number of halogens is 2. The van der Waals surface area contributed by atoms with Gasteiger partial charge in [0.05, 0.1) is 12.6 Å². The lowest BCUT2D eigenvalue weighted by atomic mass is 10.2. The fraction of sp³-hybridized carbons (Fsp3) is 0.462. The SMILES string of the molecule is CCCNC(CCOc1cc(F)ccc1F)C(N)=O. The summed E-state index contributed by atoms with van der Waals surface area (Å²) in [5, 5.41) is 2.96. The van der Waals surface area contributed by atoms with Crippen LogP contribution in [0.2, 0.25) is 0 Å². The minimum atomic E-state index is -0.640. The van der Waals surface area contributed by atoms with E-state index >= 15 is 0 Å². The summed E-state index contributed by atoms with van der Waals surface area (Å²) in [5.74, 6) is -1.87. The first-order valence-electron chi connectivity index (χ1n) is 6.15. The summed E-state index contributed by atoms with van der Waals surface area (Å²) < 4.78 is 31.3. The minimum Gasteiger partial charge on any atom is -0.490 e. The van der Waals surface area contributed by atoms with E-state index in [4.69, 9.17) is 10.5 Å². The van der Waals surface area contributed by atoms with E-state index in [2.05, 4.69) is 5.32 Å². The fourth-order valence-corrected chi connectivity index (χ4v) is 1.54. The highest BCUT2D eigenvalue weighted by Crippen LogP contribution is 2.18. The van der Waals surface area contributed by atoms with Gasteiger partial charge in [-0.2, -0.15) is 0 Å². The number of amides is 1. The van der Waals surface area contributed by atoms with Crippen molar-refractivity contribution in [3.05, 3.63) is 29.8 Å². The van der Waals surface area contributed by atoms with Gasteiger partial charge >= 0.3 is 0 Å². The van der Waals surface area contributed by atoms with Crippen molar-refractivity contribution in [1.82, 2.24) is 5.32 Å². The van der Waals surface area contributed by atoms with Crippen LogP contribution in [0, 0.1) is 11.6 Å². The maximum atomic E-state index is 13.3. The minimum absolute atomic E-state index is 0.0741. The highest BCUT2D eigenvalue weighted by molar-refractivity contribution is 5.79. The number of hydrogen-bond donors (Lipinski definition) is 2. The van der Waals surface area contributed by atoms with Crippen LogP contribution in [0.4, 0.5) is 8.78 Å². The highest BCUT2D eigenvalue weighted by atomic mass is 19.1. The number of primary amides is 1. The molecular formula is C13H18F2N2O2. The number of nitrogens with two attached hydrogens (primary N) is 1. The third kappa shape index (κ3) is 5.21. The van der Waals surface area contributed by atoms with Crippen LogP contribution in [-0.2, 0) is 4.79 Å². The summed E-state index contributed by atoms with van der Waals surface area (Å²) in [6, 6.07) is 2.44. The molecule has 1 amide bonds. The molecule has 1 aromatic rings. The first-order chi connectivity index (χ1) is 9.04. The Morgan fingerprint density at radius 2 is 2.21 bits per heavy atom. The molecule has 0 aliphatic carbocycles. The molecule has 0 fully saturated rings. The van der Waals surface area contributed by atoms with Crippen LogP contribution >= 0.6 is 0 Å². The Morgan fingerprint density at radius 3 is 2.84 bits per heavy atom. The second-order valence-electron chi connectivity index (χ2n) is 4.12. The zero-order valence-electron chi connectivity index (χ0n) is 10.8. The molecule has 4 nitrogen and oxygen atoms in total. The number of ether oxygens (including phenoxy) is 1. The Hall–Kier alpha value is -1.69. The van der Waals surface area contributed by atoms with Gasteiger partial charge in [-0.15, -0.1) is 0 Å². The first kappa shape index (κ1) is 15.4. The van der Waals surface area contributed by atoms with E-state index in [0.717, 1.165) is 24.6 Å². The normalized spacial score (nSPS) is 12.2. The van der Waals surface area contributed by atoms with Gasteiger partial charge in [0.15, 0.2) is 11.6 Å². The molecule has 6 heteroatoms. The lowest BCUT2D eigenvalue weighted by Gasteiger charge is -2.15. The molecule has 0 bridgehead atoms. The number of rotatable bonds is 8. The van der Waals surface area contributed by atoms with Crippen LogP contribution < -0.4 is 15.8 Å². The average molecular weight is 272 g/mol. The Kier molecular flexibility index (Phi) is 6.21. The van der Waals surface area contributed by atoms with E-state index in [9.17, 15) is 13.6 Å². The standard InChI is InChI=1S/C13H18F2N2O2/c1-2-6-17-11(13(16)18)5-7-19-12-8-9(14)3-4-10(12)15/h3-4,8,11,17H,2,5-7H2,1H3,(H2,16,18). The van der Waals surface area contributed by atoms with Crippen molar-refractivity contribution < 1.29 is 18.3 Å². The Morgan fingerprint density at radius 1 is 1.47 bits per heavy atom. The fourth-order valence-electron chi connectivity index (χ4n) is 1.54. The summed E-state index contributed by atoms with van der Waals surface area (Å²) in [5.41, 5.74) is 5.22. The molecule has 1 rings (SSSR count). The van der Waals surface area contributed by atoms with Crippen molar-refractivity contribution in [2.24, 2.45) is 5.73 Å². The number of carbonyl (C=O) groups excluding carboxylic acids is 1. The zero-order valence-corrected chi connectivity index (χ0v) is 10.8. The van der Waals surface area contributed by atoms with E-state index in [1.54, 1.807) is 0 Å². The van der Waals surface area contributed by atoms with Crippen LogP contribution in [0.5, 0.6) is 5.75 Å². The number of nitrogens with one attached hydrogen (secondary N) is 1. The molecule has 106 valence electrons. The Bertz CT molecular complexity index is 427. The van der Waals surface area contributed by atoms with Crippen molar-refractivity contribution >= 4 is 5.91 Å². The van der Waals surface area contributed by atoms with Gasteiger partial charge in [-0.25, -0.2) is 8.78 Å². The third-order valence-corrected chi connectivity index (χ3v) is 2.54. The predicted molar refractivity (Wildman–Crippen MR) is 67.7 cm³/mol. The largest absolute Gasteiger partial charge is 0.490 e. The first-order valence-corrected chi connectivity index (χ1v) is 6.15. The molecule has 0 spiro atoms. The molecule has 3 N–H and O–H groups in total. The monoisotopic (exact) mass is 272 g/mol. The van der Waals surface area contributed by atoms with Crippen molar-refractivity contribution in [3.63, 3.8) is 0 Å². The molecule has 0 radical (unpaired) electrons. The van der Waals surface area contributed by atoms with Crippen molar-refractivity contribution in [2.45, 2.75) is 25.8 Å². The highest BCUT2D eigenvalue weighted by Gasteiger charge is 2.14.